The predicted molar refractivity (Wildman–Crippen MR) is 110 cm³/mol. The summed E-state index contributed by atoms with van der Waals surface area (Å²) in [4.78, 5) is 36.3. The number of nitrogens with two attached hydrogens (primary N) is 1. The van der Waals surface area contributed by atoms with Gasteiger partial charge >= 0.3 is 0 Å². The number of aliphatic hydroxyl groups is 1. The molecule has 4 N–H and O–H groups in total. The Morgan fingerprint density at radius 2 is 1.70 bits per heavy atom. The number of ketones is 1. The van der Waals surface area contributed by atoms with Crippen LogP contribution in [-0.4, -0.2) is 48.8 Å². The molecule has 2 amide bonds. The third-order valence-corrected chi connectivity index (χ3v) is 4.42. The fourth-order valence-corrected chi connectivity index (χ4v) is 2.89. The molecule has 0 fully saturated rings. The molecular weight excluding hydrogens is 388 g/mol. The Balaban J connectivity index is 1.98. The highest BCUT2D eigenvalue weighted by atomic mass is 16.7. The first kappa shape index (κ1) is 23.1. The van der Waals surface area contributed by atoms with Gasteiger partial charge in [-0.15, -0.1) is 0 Å². The van der Waals surface area contributed by atoms with Gasteiger partial charge in [0.2, 0.25) is 11.8 Å². The summed E-state index contributed by atoms with van der Waals surface area (Å²) in [5.74, 6) is -1.31. The highest BCUT2D eigenvalue weighted by Gasteiger charge is 2.26. The first-order chi connectivity index (χ1) is 14.4. The van der Waals surface area contributed by atoms with Crippen molar-refractivity contribution in [2.24, 2.45) is 5.73 Å². The van der Waals surface area contributed by atoms with Crippen LogP contribution in [0.1, 0.15) is 28.8 Å². The first-order valence-electron chi connectivity index (χ1n) is 9.47. The van der Waals surface area contributed by atoms with Crippen molar-refractivity contribution in [1.82, 2.24) is 5.32 Å². The summed E-state index contributed by atoms with van der Waals surface area (Å²) < 4.78 is 10.2. The van der Waals surface area contributed by atoms with Crippen molar-refractivity contribution >= 4 is 17.6 Å². The Labute approximate surface area is 175 Å². The van der Waals surface area contributed by atoms with E-state index < -0.39 is 24.0 Å². The van der Waals surface area contributed by atoms with Gasteiger partial charge in [-0.2, -0.15) is 0 Å². The number of benzene rings is 2. The molecule has 0 radical (unpaired) electrons. The molecule has 2 aromatic rings. The molecule has 0 aliphatic heterocycles. The summed E-state index contributed by atoms with van der Waals surface area (Å²) >= 11 is 0. The van der Waals surface area contributed by atoms with Crippen molar-refractivity contribution in [3.05, 3.63) is 65.7 Å². The lowest BCUT2D eigenvalue weighted by Gasteiger charge is -2.22. The zero-order chi connectivity index (χ0) is 21.9. The van der Waals surface area contributed by atoms with Crippen LogP contribution in [0.15, 0.2) is 54.6 Å². The third-order valence-electron chi connectivity index (χ3n) is 4.42. The third kappa shape index (κ3) is 6.98. The number of carbonyl (C=O) groups is 3. The molecule has 0 spiro atoms. The van der Waals surface area contributed by atoms with Gasteiger partial charge in [-0.3, -0.25) is 14.4 Å². The van der Waals surface area contributed by atoms with Crippen molar-refractivity contribution in [3.63, 3.8) is 0 Å². The van der Waals surface area contributed by atoms with Crippen LogP contribution < -0.4 is 15.8 Å². The maximum absolute atomic E-state index is 12.5. The molecule has 0 aliphatic rings. The van der Waals surface area contributed by atoms with Gasteiger partial charge in [-0.05, 0) is 24.1 Å². The number of nitrogens with one attached hydrogen (secondary N) is 1. The van der Waals surface area contributed by atoms with Crippen LogP contribution >= 0.6 is 0 Å². The number of hydrogen-bond acceptors (Lipinski definition) is 6. The van der Waals surface area contributed by atoms with Crippen molar-refractivity contribution in [1.29, 1.82) is 0 Å². The van der Waals surface area contributed by atoms with Crippen molar-refractivity contribution in [2.45, 2.75) is 31.4 Å². The van der Waals surface area contributed by atoms with E-state index in [0.29, 0.717) is 11.3 Å². The van der Waals surface area contributed by atoms with Gasteiger partial charge < -0.3 is 25.6 Å². The van der Waals surface area contributed by atoms with Gasteiger partial charge in [0.15, 0.2) is 18.7 Å². The second-order valence-corrected chi connectivity index (χ2v) is 6.68. The number of ether oxygens (including phenoxy) is 2. The fourth-order valence-electron chi connectivity index (χ4n) is 2.89. The van der Waals surface area contributed by atoms with E-state index >= 15 is 0 Å². The van der Waals surface area contributed by atoms with Crippen molar-refractivity contribution < 1.29 is 29.0 Å². The lowest BCUT2D eigenvalue weighted by atomic mass is 10.00. The van der Waals surface area contributed by atoms with E-state index in [9.17, 15) is 19.5 Å². The quantitative estimate of drug-likeness (QED) is 0.354. The smallest absolute Gasteiger partial charge is 0.248 e. The van der Waals surface area contributed by atoms with Gasteiger partial charge in [0.05, 0.1) is 11.6 Å². The Hall–Kier alpha value is -3.23. The molecule has 30 heavy (non-hydrogen) atoms. The summed E-state index contributed by atoms with van der Waals surface area (Å²) in [6.07, 6.45) is -1.51. The van der Waals surface area contributed by atoms with Crippen molar-refractivity contribution in [2.75, 3.05) is 13.9 Å². The summed E-state index contributed by atoms with van der Waals surface area (Å²) in [5.41, 5.74) is 6.37. The molecular formula is C22H26N2O6. The number of primary amides is 1. The lowest BCUT2D eigenvalue weighted by molar-refractivity contribution is -0.129. The van der Waals surface area contributed by atoms with Gasteiger partial charge in [0.25, 0.3) is 0 Å². The number of para-hydroxylation sites is 1. The van der Waals surface area contributed by atoms with E-state index in [1.54, 1.807) is 24.3 Å². The number of Topliss-reactive ketones (excluding diaryl/α,β-unsaturated/α-hetero) is 1. The summed E-state index contributed by atoms with van der Waals surface area (Å²) in [6, 6.07) is 14.9. The van der Waals surface area contributed by atoms with Gasteiger partial charge in [-0.25, -0.2) is 0 Å². The first-order valence-corrected chi connectivity index (χ1v) is 9.47. The van der Waals surface area contributed by atoms with E-state index in [-0.39, 0.29) is 31.8 Å². The zero-order valence-electron chi connectivity index (χ0n) is 16.7. The van der Waals surface area contributed by atoms with Gasteiger partial charge in [-0.1, -0.05) is 42.5 Å². The molecule has 2 atom stereocenters. The predicted octanol–water partition coefficient (Wildman–Crippen LogP) is 1.21. The summed E-state index contributed by atoms with van der Waals surface area (Å²) in [7, 11) is 1.47. The molecule has 0 heterocycles. The van der Waals surface area contributed by atoms with E-state index in [1.807, 2.05) is 30.3 Å². The normalized spacial score (nSPS) is 12.6. The summed E-state index contributed by atoms with van der Waals surface area (Å²) in [6.45, 7) is -0.00302. The molecule has 0 saturated heterocycles. The fraction of sp³-hybridized carbons (Fsp3) is 0.318. The Morgan fingerprint density at radius 3 is 2.37 bits per heavy atom. The molecule has 160 valence electrons. The molecule has 0 aromatic heterocycles. The van der Waals surface area contributed by atoms with E-state index in [1.165, 1.54) is 7.11 Å². The highest BCUT2D eigenvalue weighted by Crippen LogP contribution is 2.20. The average molecular weight is 414 g/mol. The number of hydrogen-bond donors (Lipinski definition) is 3. The van der Waals surface area contributed by atoms with E-state index in [0.717, 1.165) is 5.56 Å². The molecule has 8 heteroatoms. The monoisotopic (exact) mass is 414 g/mol. The molecule has 0 unspecified atom stereocenters. The Morgan fingerprint density at radius 1 is 1.03 bits per heavy atom. The van der Waals surface area contributed by atoms with Crippen LogP contribution in [0.3, 0.4) is 0 Å². The standard InChI is InChI=1S/C22H26N2O6/c1-29-14-30-19-10-6-5-9-16(19)18(25)11-12-20(26)24-17(21(27)22(23)28)13-15-7-3-2-4-8-15/h2-10,17,21,27H,11-14H2,1H3,(H2,23,28)(H,24,26)/t17-,21+/m0/s1. The molecule has 0 bridgehead atoms. The average Bonchev–Trinajstić information content (AvgIpc) is 2.75. The number of aliphatic hydroxyl groups excluding tert-OH is 1. The van der Waals surface area contributed by atoms with Crippen molar-refractivity contribution in [3.8, 4) is 5.75 Å². The highest BCUT2D eigenvalue weighted by molar-refractivity contribution is 6.00. The van der Waals surface area contributed by atoms with Gasteiger partial charge in [0.1, 0.15) is 5.75 Å². The minimum Gasteiger partial charge on any atom is -0.467 e. The second kappa shape index (κ2) is 11.7. The number of carbonyl (C=O) groups excluding carboxylic acids is 3. The largest absolute Gasteiger partial charge is 0.467 e. The maximum atomic E-state index is 12.5. The Bertz CT molecular complexity index is 856. The molecule has 8 nitrogen and oxygen atoms in total. The van der Waals surface area contributed by atoms with Gasteiger partial charge in [0, 0.05) is 20.0 Å². The van der Waals surface area contributed by atoms with E-state index in [4.69, 9.17) is 15.2 Å². The zero-order valence-corrected chi connectivity index (χ0v) is 16.7. The number of methoxy groups -OCH3 is 1. The maximum Gasteiger partial charge on any atom is 0.248 e. The summed E-state index contributed by atoms with van der Waals surface area (Å²) in [5, 5.41) is 12.7. The molecule has 2 aromatic carbocycles. The lowest BCUT2D eigenvalue weighted by Crippen LogP contribution is -2.50. The molecule has 0 saturated carbocycles. The van der Waals surface area contributed by atoms with Crippen LogP contribution in [0.4, 0.5) is 0 Å². The number of rotatable bonds is 12. The SMILES string of the molecule is COCOc1ccccc1C(=O)CCC(=O)N[C@@H](Cc1ccccc1)[C@@H](O)C(N)=O. The Kier molecular flexibility index (Phi) is 8.99. The minimum atomic E-state index is -1.55. The van der Waals surface area contributed by atoms with Crippen LogP contribution in [0.2, 0.25) is 0 Å². The van der Waals surface area contributed by atoms with Crippen LogP contribution in [-0.2, 0) is 20.7 Å². The molecule has 2 rings (SSSR count). The van der Waals surface area contributed by atoms with E-state index in [2.05, 4.69) is 5.32 Å². The van der Waals surface area contributed by atoms with Crippen LogP contribution in [0, 0.1) is 0 Å². The van der Waals surface area contributed by atoms with Crippen LogP contribution in [0.25, 0.3) is 0 Å². The topological polar surface area (TPSA) is 128 Å². The van der Waals surface area contributed by atoms with Crippen LogP contribution in [0.5, 0.6) is 5.75 Å². The second-order valence-electron chi connectivity index (χ2n) is 6.68. The molecule has 0 aliphatic carbocycles. The minimum absolute atomic E-state index is 0.00302. The number of amides is 2.